The van der Waals surface area contributed by atoms with Crippen LogP contribution in [0.1, 0.15) is 87.8 Å². The van der Waals surface area contributed by atoms with Gasteiger partial charge in [0.1, 0.15) is 17.7 Å². The monoisotopic (exact) mass is 620 g/mol. The van der Waals surface area contributed by atoms with E-state index in [2.05, 4.69) is 79.4 Å². The molecule has 2 aromatic carbocycles. The van der Waals surface area contributed by atoms with Crippen molar-refractivity contribution in [1.82, 2.24) is 34.6 Å². The molecule has 0 fully saturated rings. The number of benzene rings is 2. The lowest BCUT2D eigenvalue weighted by Gasteiger charge is -2.32. The molecule has 2 atom stereocenters. The van der Waals surface area contributed by atoms with E-state index in [1.807, 2.05) is 79.3 Å². The molecule has 0 saturated carbocycles. The van der Waals surface area contributed by atoms with E-state index >= 15 is 0 Å². The van der Waals surface area contributed by atoms with E-state index in [0.29, 0.717) is 5.82 Å². The van der Waals surface area contributed by atoms with Crippen molar-refractivity contribution in [3.8, 4) is 11.4 Å². The molecule has 1 aliphatic rings. The summed E-state index contributed by atoms with van der Waals surface area (Å²) in [6.45, 7) is 12.6. The lowest BCUT2D eigenvalue weighted by Crippen LogP contribution is -2.37. The summed E-state index contributed by atoms with van der Waals surface area (Å²) < 4.78 is 10.4. The van der Waals surface area contributed by atoms with E-state index in [0.717, 1.165) is 58.1 Å². The molecule has 0 radical (unpaired) electrons. The first-order chi connectivity index (χ1) is 21.8. The molecule has 0 bridgehead atoms. The Bertz CT molecular complexity index is 1860. The number of hydrogen-bond acceptors (Lipinski definition) is 6. The van der Waals surface area contributed by atoms with Gasteiger partial charge in [-0.05, 0) is 83.1 Å². The number of nitrogens with one attached hydrogen (secondary N) is 2. The fraction of sp³-hybridized carbons (Fsp3) is 0.389. The van der Waals surface area contributed by atoms with E-state index in [4.69, 9.17) is 9.84 Å². The van der Waals surface area contributed by atoms with Gasteiger partial charge in [0, 0.05) is 11.5 Å². The molecule has 240 valence electrons. The number of amides is 2. The Morgan fingerprint density at radius 1 is 0.935 bits per heavy atom. The molecule has 2 N–H and O–H groups in total. The fourth-order valence-corrected chi connectivity index (χ4v) is 5.78. The van der Waals surface area contributed by atoms with Gasteiger partial charge in [-0.1, -0.05) is 62.7 Å². The van der Waals surface area contributed by atoms with E-state index in [-0.39, 0.29) is 29.1 Å². The summed E-state index contributed by atoms with van der Waals surface area (Å²) in [6.07, 6.45) is 3.29. The minimum Gasteiger partial charge on any atom is -0.484 e. The molecule has 0 spiro atoms. The average molecular weight is 621 g/mol. The second-order valence-corrected chi connectivity index (χ2v) is 13.9. The highest BCUT2D eigenvalue weighted by molar-refractivity contribution is 5.89. The van der Waals surface area contributed by atoms with E-state index in [9.17, 15) is 4.79 Å². The Morgan fingerprint density at radius 2 is 1.65 bits per heavy atom. The minimum absolute atomic E-state index is 0.158. The normalized spacial score (nSPS) is 16.8. The van der Waals surface area contributed by atoms with Crippen molar-refractivity contribution in [3.05, 3.63) is 101 Å². The second kappa shape index (κ2) is 11.9. The van der Waals surface area contributed by atoms with Crippen LogP contribution in [0.2, 0.25) is 0 Å². The van der Waals surface area contributed by atoms with Gasteiger partial charge in [0.05, 0.1) is 29.2 Å². The second-order valence-electron chi connectivity index (χ2n) is 13.9. The van der Waals surface area contributed by atoms with Crippen LogP contribution in [-0.4, -0.2) is 49.4 Å². The number of carbonyl (C=O) groups is 1. The van der Waals surface area contributed by atoms with Crippen LogP contribution in [0.5, 0.6) is 5.75 Å². The number of anilines is 1. The standard InChI is InChI=1S/C36H44N8O2/c1-23-13-15-24(16-14-23)44-32(21-30(41-44)35(2,3)4)38-34(45)37-28-18-19-29(27-12-10-9-11-26(27)28)46-25-17-20-31-39-40-33(43(31)22-25)36(5,6)42(7)8/h9-17,20-22,28-29H,18-19H2,1-8H3,(H2,37,38,45)/t28-,29+/m0/s1. The van der Waals surface area contributed by atoms with Gasteiger partial charge in [-0.15, -0.1) is 10.2 Å². The lowest BCUT2D eigenvalue weighted by molar-refractivity contribution is 0.170. The van der Waals surface area contributed by atoms with Crippen LogP contribution < -0.4 is 15.4 Å². The predicted octanol–water partition coefficient (Wildman–Crippen LogP) is 7.09. The highest BCUT2D eigenvalue weighted by Crippen LogP contribution is 2.39. The molecule has 46 heavy (non-hydrogen) atoms. The summed E-state index contributed by atoms with van der Waals surface area (Å²) in [4.78, 5) is 15.6. The highest BCUT2D eigenvalue weighted by Gasteiger charge is 2.31. The number of hydrogen-bond donors (Lipinski definition) is 2. The molecule has 0 aliphatic heterocycles. The molecule has 0 saturated heterocycles. The smallest absolute Gasteiger partial charge is 0.320 e. The van der Waals surface area contributed by atoms with Crippen LogP contribution in [0.4, 0.5) is 10.6 Å². The Balaban J connectivity index is 1.21. The molecule has 10 heteroatoms. The molecular formula is C36H44N8O2. The number of rotatable bonds is 7. The third-order valence-corrected chi connectivity index (χ3v) is 9.06. The van der Waals surface area contributed by atoms with Crippen LogP contribution in [0, 0.1) is 6.92 Å². The van der Waals surface area contributed by atoms with Crippen molar-refractivity contribution >= 4 is 17.5 Å². The first kappa shape index (κ1) is 31.3. The number of aryl methyl sites for hydroxylation is 1. The van der Waals surface area contributed by atoms with Gasteiger partial charge >= 0.3 is 6.03 Å². The summed E-state index contributed by atoms with van der Waals surface area (Å²) in [6, 6.07) is 21.7. The molecule has 5 aromatic rings. The van der Waals surface area contributed by atoms with Crippen molar-refractivity contribution in [3.63, 3.8) is 0 Å². The summed E-state index contributed by atoms with van der Waals surface area (Å²) >= 11 is 0. The summed E-state index contributed by atoms with van der Waals surface area (Å²) in [5.41, 5.74) is 5.34. The van der Waals surface area contributed by atoms with Gasteiger partial charge in [-0.25, -0.2) is 9.48 Å². The minimum atomic E-state index is -0.318. The van der Waals surface area contributed by atoms with Gasteiger partial charge in [0.2, 0.25) is 0 Å². The van der Waals surface area contributed by atoms with Gasteiger partial charge in [-0.3, -0.25) is 14.6 Å². The van der Waals surface area contributed by atoms with Crippen LogP contribution in [0.25, 0.3) is 11.3 Å². The van der Waals surface area contributed by atoms with Gasteiger partial charge in [0.15, 0.2) is 11.5 Å². The number of carbonyl (C=O) groups excluding carboxylic acids is 1. The van der Waals surface area contributed by atoms with Crippen LogP contribution in [-0.2, 0) is 11.0 Å². The van der Waals surface area contributed by atoms with Gasteiger partial charge < -0.3 is 10.1 Å². The number of aromatic nitrogens is 5. The number of ether oxygens (including phenoxy) is 1. The van der Waals surface area contributed by atoms with Crippen molar-refractivity contribution in [2.45, 2.75) is 77.5 Å². The van der Waals surface area contributed by atoms with Crippen LogP contribution in [0.3, 0.4) is 0 Å². The van der Waals surface area contributed by atoms with E-state index < -0.39 is 0 Å². The number of nitrogens with zero attached hydrogens (tertiary/aromatic N) is 6. The lowest BCUT2D eigenvalue weighted by atomic mass is 9.85. The highest BCUT2D eigenvalue weighted by atomic mass is 16.5. The number of pyridine rings is 1. The SMILES string of the molecule is Cc1ccc(-n2nc(C(C)(C)C)cc2NC(=O)N[C@H]2CC[C@@H](Oc3ccc4nnc(C(C)(C)N(C)C)n4c3)c3ccccc32)cc1. The largest absolute Gasteiger partial charge is 0.484 e. The maximum Gasteiger partial charge on any atom is 0.320 e. The maximum atomic E-state index is 13.5. The van der Waals surface area contributed by atoms with E-state index in [1.54, 1.807) is 4.68 Å². The first-order valence-electron chi connectivity index (χ1n) is 15.8. The molecular weight excluding hydrogens is 576 g/mol. The molecule has 10 nitrogen and oxygen atoms in total. The van der Waals surface area contributed by atoms with Gasteiger partial charge in [-0.2, -0.15) is 5.10 Å². The topological polar surface area (TPSA) is 102 Å². The van der Waals surface area contributed by atoms with Crippen molar-refractivity contribution in [1.29, 1.82) is 0 Å². The third kappa shape index (κ3) is 6.09. The maximum absolute atomic E-state index is 13.5. The first-order valence-corrected chi connectivity index (χ1v) is 15.8. The van der Waals surface area contributed by atoms with Crippen LogP contribution >= 0.6 is 0 Å². The Kier molecular flexibility index (Phi) is 8.10. The molecule has 3 heterocycles. The summed E-state index contributed by atoms with van der Waals surface area (Å²) in [7, 11) is 4.07. The molecule has 0 unspecified atom stereocenters. The zero-order chi connectivity index (χ0) is 32.8. The van der Waals surface area contributed by atoms with Crippen LogP contribution in [0.15, 0.2) is 72.9 Å². The molecule has 1 aliphatic carbocycles. The Labute approximate surface area is 270 Å². The zero-order valence-corrected chi connectivity index (χ0v) is 28.0. The third-order valence-electron chi connectivity index (χ3n) is 9.06. The van der Waals surface area contributed by atoms with E-state index in [1.165, 1.54) is 0 Å². The quantitative estimate of drug-likeness (QED) is 0.201. The average Bonchev–Trinajstić information content (AvgIpc) is 3.63. The van der Waals surface area contributed by atoms with Crippen molar-refractivity contribution < 1.29 is 9.53 Å². The Hall–Kier alpha value is -4.70. The summed E-state index contributed by atoms with van der Waals surface area (Å²) in [5, 5.41) is 20.0. The number of fused-ring (bicyclic) bond motifs is 2. The Morgan fingerprint density at radius 3 is 2.35 bits per heavy atom. The predicted molar refractivity (Wildman–Crippen MR) is 181 cm³/mol. The zero-order valence-electron chi connectivity index (χ0n) is 28.0. The number of urea groups is 1. The van der Waals surface area contributed by atoms with Crippen molar-refractivity contribution in [2.75, 3.05) is 19.4 Å². The summed E-state index contributed by atoms with van der Waals surface area (Å²) in [5.74, 6) is 2.21. The molecule has 6 rings (SSSR count). The molecule has 2 amide bonds. The fourth-order valence-electron chi connectivity index (χ4n) is 5.78. The molecule has 3 aromatic heterocycles. The van der Waals surface area contributed by atoms with Gasteiger partial charge in [0.25, 0.3) is 0 Å². The van der Waals surface area contributed by atoms with Crippen molar-refractivity contribution in [2.24, 2.45) is 0 Å².